The van der Waals surface area contributed by atoms with E-state index in [2.05, 4.69) is 63.7 Å². The largest absolute Gasteiger partial charge is 0.391 e. The topological polar surface area (TPSA) is 168 Å². The Morgan fingerprint density at radius 2 is 1.10 bits per heavy atom. The fourth-order valence-corrected chi connectivity index (χ4v) is 9.05. The number of aliphatic hydroxyl groups is 1. The lowest BCUT2D eigenvalue weighted by Crippen LogP contribution is -2.55. The van der Waals surface area contributed by atoms with Gasteiger partial charge in [-0.1, -0.05) is 135 Å². The van der Waals surface area contributed by atoms with E-state index in [0.717, 1.165) is 16.7 Å². The lowest BCUT2D eigenvalue weighted by Gasteiger charge is -2.29. The number of halogens is 3. The maximum atomic E-state index is 14.4. The van der Waals surface area contributed by atoms with Gasteiger partial charge in [-0.2, -0.15) is 0 Å². The van der Waals surface area contributed by atoms with Gasteiger partial charge in [0.1, 0.15) is 12.1 Å². The molecule has 0 aromatic heterocycles. The van der Waals surface area contributed by atoms with Gasteiger partial charge in [0.2, 0.25) is 17.7 Å². The Kier molecular flexibility index (Phi) is 17.6. The second kappa shape index (κ2) is 22.8. The van der Waals surface area contributed by atoms with E-state index in [1.54, 1.807) is 30.3 Å². The van der Waals surface area contributed by atoms with Crippen LogP contribution in [0.2, 0.25) is 0 Å². The van der Waals surface area contributed by atoms with Crippen LogP contribution in [-0.2, 0) is 33.6 Å². The molecule has 13 heteroatoms. The highest BCUT2D eigenvalue weighted by atomic mass is 79.9. The molecular formula is C48H49Br3N4O6. The molecule has 6 N–H and O–H groups in total. The lowest BCUT2D eigenvalue weighted by molar-refractivity contribution is -0.133. The average Bonchev–Trinajstić information content (AvgIpc) is 3.25. The summed E-state index contributed by atoms with van der Waals surface area (Å²) in [7, 11) is 0. The first-order valence-corrected chi connectivity index (χ1v) is 22.4. The number of ketones is 1. The zero-order valence-electron chi connectivity index (χ0n) is 33.8. The van der Waals surface area contributed by atoms with E-state index in [9.17, 15) is 29.1 Å². The molecule has 0 bridgehead atoms. The molecule has 0 aliphatic carbocycles. The minimum atomic E-state index is -1.24. The van der Waals surface area contributed by atoms with Crippen molar-refractivity contribution >= 4 is 77.2 Å². The van der Waals surface area contributed by atoms with E-state index >= 15 is 0 Å². The van der Waals surface area contributed by atoms with Crippen molar-refractivity contribution < 1.29 is 29.1 Å². The highest BCUT2D eigenvalue weighted by Gasteiger charge is 2.33. The summed E-state index contributed by atoms with van der Waals surface area (Å²) in [6, 6.07) is 35.4. The van der Waals surface area contributed by atoms with Crippen molar-refractivity contribution in [3.63, 3.8) is 0 Å². The lowest BCUT2D eigenvalue weighted by atomic mass is 9.88. The molecule has 0 aliphatic heterocycles. The summed E-state index contributed by atoms with van der Waals surface area (Å²) in [5.41, 5.74) is 9.23. The molecule has 5 aromatic rings. The molecule has 0 unspecified atom stereocenters. The number of carbonyl (C=O) groups is 5. The third-order valence-electron chi connectivity index (χ3n) is 10.3. The zero-order valence-corrected chi connectivity index (χ0v) is 38.6. The van der Waals surface area contributed by atoms with Crippen molar-refractivity contribution in [2.24, 2.45) is 17.6 Å². The first-order valence-electron chi connectivity index (χ1n) is 20.0. The Balaban J connectivity index is 1.41. The molecule has 5 atom stereocenters. The van der Waals surface area contributed by atoms with E-state index in [1.165, 1.54) is 0 Å². The first-order chi connectivity index (χ1) is 29.2. The Morgan fingerprint density at radius 1 is 0.607 bits per heavy atom. The van der Waals surface area contributed by atoms with Crippen LogP contribution in [0.1, 0.15) is 69.7 Å². The van der Waals surface area contributed by atoms with Crippen LogP contribution in [0, 0.1) is 11.8 Å². The summed E-state index contributed by atoms with van der Waals surface area (Å²) < 4.78 is 1.08. The average molecular weight is 1020 g/mol. The molecule has 0 aliphatic rings. The van der Waals surface area contributed by atoms with Crippen LogP contribution in [0.15, 0.2) is 141 Å². The van der Waals surface area contributed by atoms with Crippen molar-refractivity contribution in [3.05, 3.63) is 174 Å². The van der Waals surface area contributed by atoms with Gasteiger partial charge in [-0.05, 0) is 102 Å². The van der Waals surface area contributed by atoms with Crippen LogP contribution >= 0.6 is 47.8 Å². The number of rotatable bonds is 20. The van der Waals surface area contributed by atoms with Gasteiger partial charge in [-0.3, -0.25) is 24.0 Å². The smallest absolute Gasteiger partial charge is 0.253 e. The van der Waals surface area contributed by atoms with Gasteiger partial charge < -0.3 is 26.8 Å². The molecule has 61 heavy (non-hydrogen) atoms. The minimum Gasteiger partial charge on any atom is -0.391 e. The molecule has 0 radical (unpaired) electrons. The number of amides is 4. The molecular weight excluding hydrogens is 968 g/mol. The molecule has 5 aromatic carbocycles. The number of nitrogens with two attached hydrogens (primary N) is 1. The van der Waals surface area contributed by atoms with Gasteiger partial charge in [-0.15, -0.1) is 0 Å². The highest BCUT2D eigenvalue weighted by Crippen LogP contribution is 2.37. The Morgan fingerprint density at radius 3 is 1.62 bits per heavy atom. The zero-order chi connectivity index (χ0) is 44.1. The molecule has 0 fully saturated rings. The molecule has 0 spiro atoms. The quantitative estimate of drug-likeness (QED) is 0.0393. The Bertz CT molecular complexity index is 2280. The van der Waals surface area contributed by atoms with Crippen LogP contribution in [0.4, 0.5) is 0 Å². The SMILES string of the molecule is CC(C)C[C@H](NC(=O)[C@@H](Cc1ccccc1)C[C@@H](O)[C@H](Cc1ccccc1)NC(=O)c1c(Br)cc(C(=O)c2ccccc2)c(Br)c1Br)C(=O)N[C@@H](Cc1ccccc1)C(N)=O. The number of carbonyl (C=O) groups excluding carboxylic acids is 5. The van der Waals surface area contributed by atoms with Crippen LogP contribution in [0.25, 0.3) is 0 Å². The third-order valence-corrected chi connectivity index (χ3v) is 13.0. The number of primary amides is 1. The number of nitrogens with one attached hydrogen (secondary N) is 3. The fraction of sp³-hybridized carbons (Fsp3) is 0.271. The van der Waals surface area contributed by atoms with Crippen LogP contribution in [0.5, 0.6) is 0 Å². The normalized spacial score (nSPS) is 13.6. The van der Waals surface area contributed by atoms with E-state index < -0.39 is 53.8 Å². The van der Waals surface area contributed by atoms with Crippen molar-refractivity contribution in [2.45, 2.75) is 70.2 Å². The maximum Gasteiger partial charge on any atom is 0.253 e. The maximum absolute atomic E-state index is 14.4. The van der Waals surface area contributed by atoms with E-state index in [1.807, 2.05) is 111 Å². The summed E-state index contributed by atoms with van der Waals surface area (Å²) in [6.45, 7) is 3.85. The molecule has 4 amide bonds. The first kappa shape index (κ1) is 47.1. The number of benzene rings is 5. The standard InChI is InChI=1S/C48H49Br3N4O6/c1-29(2)23-39(47(60)54-38(45(52)58)26-32-19-11-5-12-20-32)55-46(59)34(24-30-15-7-3-8-16-30)27-40(56)37(25-31-17-9-4-10-18-31)53-48(61)41-36(49)28-35(42(50)43(41)51)44(57)33-21-13-6-14-22-33/h3-22,28-29,34,37-40,56H,23-27H2,1-2H3,(H2,52,58)(H,53,61)(H,54,60)(H,55,59)/t34-,37-,38-,39-,40+/m0/s1. The van der Waals surface area contributed by atoms with Crippen molar-refractivity contribution in [2.75, 3.05) is 0 Å². The van der Waals surface area contributed by atoms with Gasteiger partial charge in [0.25, 0.3) is 5.91 Å². The Hall–Kier alpha value is -4.95. The van der Waals surface area contributed by atoms with Crippen molar-refractivity contribution in [3.8, 4) is 0 Å². The molecule has 0 saturated carbocycles. The summed E-state index contributed by atoms with van der Waals surface area (Å²) in [4.78, 5) is 68.4. The van der Waals surface area contributed by atoms with E-state index in [-0.39, 0.29) is 49.4 Å². The summed E-state index contributed by atoms with van der Waals surface area (Å²) in [5, 5.41) is 20.8. The van der Waals surface area contributed by atoms with Gasteiger partial charge in [0.05, 0.1) is 17.7 Å². The molecule has 10 nitrogen and oxygen atoms in total. The predicted molar refractivity (Wildman–Crippen MR) is 248 cm³/mol. The van der Waals surface area contributed by atoms with Crippen molar-refractivity contribution in [1.29, 1.82) is 0 Å². The predicted octanol–water partition coefficient (Wildman–Crippen LogP) is 7.90. The van der Waals surface area contributed by atoms with Crippen LogP contribution in [0.3, 0.4) is 0 Å². The summed E-state index contributed by atoms with van der Waals surface area (Å²) in [6.07, 6.45) is -0.416. The number of hydrogen-bond donors (Lipinski definition) is 5. The molecule has 318 valence electrons. The second-order valence-corrected chi connectivity index (χ2v) is 17.8. The second-order valence-electron chi connectivity index (χ2n) is 15.4. The molecule has 0 saturated heterocycles. The Labute approximate surface area is 381 Å². The van der Waals surface area contributed by atoms with Crippen molar-refractivity contribution in [1.82, 2.24) is 16.0 Å². The molecule has 5 rings (SSSR count). The van der Waals surface area contributed by atoms with Crippen LogP contribution < -0.4 is 21.7 Å². The number of hydrogen-bond acceptors (Lipinski definition) is 6. The van der Waals surface area contributed by atoms with Gasteiger partial charge in [0, 0.05) is 36.9 Å². The van der Waals surface area contributed by atoms with E-state index in [0.29, 0.717) is 24.5 Å². The van der Waals surface area contributed by atoms with Gasteiger partial charge in [0.15, 0.2) is 5.78 Å². The van der Waals surface area contributed by atoms with Gasteiger partial charge >= 0.3 is 0 Å². The number of aliphatic hydroxyl groups excluding tert-OH is 1. The summed E-state index contributed by atoms with van der Waals surface area (Å²) >= 11 is 10.6. The van der Waals surface area contributed by atoms with Crippen LogP contribution in [-0.4, -0.2) is 58.7 Å². The summed E-state index contributed by atoms with van der Waals surface area (Å²) in [5.74, 6) is -3.35. The molecule has 0 heterocycles. The monoisotopic (exact) mass is 1010 g/mol. The minimum absolute atomic E-state index is 0.00922. The fourth-order valence-electron chi connectivity index (χ4n) is 7.08. The van der Waals surface area contributed by atoms with Gasteiger partial charge in [-0.25, -0.2) is 0 Å². The third kappa shape index (κ3) is 13.5. The highest BCUT2D eigenvalue weighted by molar-refractivity contribution is 9.13. The van der Waals surface area contributed by atoms with E-state index in [4.69, 9.17) is 5.73 Å².